The molecule has 1 fully saturated rings. The van der Waals surface area contributed by atoms with Crippen molar-refractivity contribution in [2.24, 2.45) is 0 Å². The highest BCUT2D eigenvalue weighted by Crippen LogP contribution is 2.22. The Labute approximate surface area is 119 Å². The second kappa shape index (κ2) is 6.17. The molecule has 0 unspecified atom stereocenters. The van der Waals surface area contributed by atoms with E-state index >= 15 is 0 Å². The van der Waals surface area contributed by atoms with Crippen LogP contribution in [0.2, 0.25) is 0 Å². The van der Waals surface area contributed by atoms with Crippen molar-refractivity contribution < 1.29 is 9.90 Å². The zero-order chi connectivity index (χ0) is 14.6. The van der Waals surface area contributed by atoms with Crippen molar-refractivity contribution in [3.63, 3.8) is 0 Å². The molecule has 2 N–H and O–H groups in total. The third-order valence-corrected chi connectivity index (χ3v) is 3.54. The summed E-state index contributed by atoms with van der Waals surface area (Å²) in [6.45, 7) is 5.79. The summed E-state index contributed by atoms with van der Waals surface area (Å²) in [7, 11) is 0. The number of aromatic nitrogens is 2. The van der Waals surface area contributed by atoms with Crippen molar-refractivity contribution in [2.75, 3.05) is 25.0 Å². The summed E-state index contributed by atoms with van der Waals surface area (Å²) >= 11 is 0. The first-order valence-corrected chi connectivity index (χ1v) is 7.09. The van der Waals surface area contributed by atoms with Gasteiger partial charge in [0.05, 0.1) is 18.0 Å². The van der Waals surface area contributed by atoms with Crippen LogP contribution in [0.5, 0.6) is 0 Å². The molecular formula is C14H22N4O2. The lowest BCUT2D eigenvalue weighted by molar-refractivity contribution is -0.00220. The van der Waals surface area contributed by atoms with E-state index in [4.69, 9.17) is 0 Å². The minimum Gasteiger partial charge on any atom is -0.390 e. The summed E-state index contributed by atoms with van der Waals surface area (Å²) in [6, 6.07) is 0. The minimum atomic E-state index is -0.660. The van der Waals surface area contributed by atoms with Crippen molar-refractivity contribution in [2.45, 2.75) is 38.7 Å². The molecule has 1 aromatic heterocycles. The topological polar surface area (TPSA) is 78.4 Å². The Morgan fingerprint density at radius 2 is 2.15 bits per heavy atom. The zero-order valence-corrected chi connectivity index (χ0v) is 12.1. The Bertz CT molecular complexity index is 466. The lowest BCUT2D eigenvalue weighted by Gasteiger charge is -2.35. The highest BCUT2D eigenvalue weighted by Gasteiger charge is 2.30. The van der Waals surface area contributed by atoms with E-state index in [2.05, 4.69) is 22.2 Å². The van der Waals surface area contributed by atoms with Gasteiger partial charge in [0.15, 0.2) is 0 Å². The van der Waals surface area contributed by atoms with Gasteiger partial charge in [-0.1, -0.05) is 6.92 Å². The smallest absolute Gasteiger partial charge is 0.274 e. The first-order chi connectivity index (χ1) is 9.52. The largest absolute Gasteiger partial charge is 0.390 e. The van der Waals surface area contributed by atoms with Crippen LogP contribution in [0.4, 0.5) is 5.82 Å². The van der Waals surface area contributed by atoms with Gasteiger partial charge in [-0.2, -0.15) is 0 Å². The van der Waals surface area contributed by atoms with Crippen molar-refractivity contribution in [1.29, 1.82) is 0 Å². The number of carbonyl (C=O) groups is 1. The first-order valence-electron chi connectivity index (χ1n) is 7.09. The molecule has 20 heavy (non-hydrogen) atoms. The first kappa shape index (κ1) is 14.7. The Hall–Kier alpha value is -1.69. The van der Waals surface area contributed by atoms with E-state index in [0.29, 0.717) is 37.4 Å². The predicted molar refractivity (Wildman–Crippen MR) is 76.6 cm³/mol. The minimum absolute atomic E-state index is 0.117. The SMILES string of the molecule is CCCNc1cncc(C(=O)N2CCC(C)(O)CC2)n1. The van der Waals surface area contributed by atoms with Gasteiger partial charge in [0.2, 0.25) is 0 Å². The summed E-state index contributed by atoms with van der Waals surface area (Å²) in [4.78, 5) is 22.4. The van der Waals surface area contributed by atoms with Crippen molar-refractivity contribution in [3.05, 3.63) is 18.1 Å². The fourth-order valence-electron chi connectivity index (χ4n) is 2.16. The fraction of sp³-hybridized carbons (Fsp3) is 0.643. The fourth-order valence-corrected chi connectivity index (χ4v) is 2.16. The Morgan fingerprint density at radius 1 is 1.45 bits per heavy atom. The van der Waals surface area contributed by atoms with E-state index in [1.165, 1.54) is 6.20 Å². The number of piperidine rings is 1. The Kier molecular flexibility index (Phi) is 4.54. The molecule has 0 aromatic carbocycles. The maximum Gasteiger partial charge on any atom is 0.274 e. The number of rotatable bonds is 4. The number of likely N-dealkylation sites (tertiary alicyclic amines) is 1. The summed E-state index contributed by atoms with van der Waals surface area (Å²) in [5.74, 6) is 0.509. The predicted octanol–water partition coefficient (Wildman–Crippen LogP) is 1.29. The number of hydrogen-bond donors (Lipinski definition) is 2. The molecule has 0 radical (unpaired) electrons. The number of amides is 1. The maximum absolute atomic E-state index is 12.4. The normalized spacial score (nSPS) is 17.9. The maximum atomic E-state index is 12.4. The molecule has 0 spiro atoms. The van der Waals surface area contributed by atoms with Crippen LogP contribution in [0, 0.1) is 0 Å². The van der Waals surface area contributed by atoms with Crippen LogP contribution in [0.15, 0.2) is 12.4 Å². The Morgan fingerprint density at radius 3 is 2.80 bits per heavy atom. The van der Waals surface area contributed by atoms with Gasteiger partial charge in [0, 0.05) is 19.6 Å². The van der Waals surface area contributed by atoms with Crippen LogP contribution >= 0.6 is 0 Å². The summed E-state index contributed by atoms with van der Waals surface area (Å²) in [5, 5.41) is 13.0. The van der Waals surface area contributed by atoms with E-state index < -0.39 is 5.60 Å². The Balaban J connectivity index is 2.02. The van der Waals surface area contributed by atoms with Crippen molar-refractivity contribution >= 4 is 11.7 Å². The molecule has 1 amide bonds. The van der Waals surface area contributed by atoms with Crippen LogP contribution in [0.3, 0.4) is 0 Å². The van der Waals surface area contributed by atoms with Crippen molar-refractivity contribution in [3.8, 4) is 0 Å². The second-order valence-corrected chi connectivity index (χ2v) is 5.51. The zero-order valence-electron chi connectivity index (χ0n) is 12.1. The van der Waals surface area contributed by atoms with Gasteiger partial charge in [-0.3, -0.25) is 9.78 Å². The number of nitrogens with one attached hydrogen (secondary N) is 1. The van der Waals surface area contributed by atoms with Crippen molar-refractivity contribution in [1.82, 2.24) is 14.9 Å². The third kappa shape index (κ3) is 3.66. The highest BCUT2D eigenvalue weighted by molar-refractivity contribution is 5.92. The monoisotopic (exact) mass is 278 g/mol. The lowest BCUT2D eigenvalue weighted by atomic mass is 9.94. The van der Waals surface area contributed by atoms with E-state index in [0.717, 1.165) is 13.0 Å². The number of carbonyl (C=O) groups excluding carboxylic acids is 1. The van der Waals surface area contributed by atoms with Gasteiger partial charge in [-0.15, -0.1) is 0 Å². The molecule has 6 nitrogen and oxygen atoms in total. The van der Waals surface area contributed by atoms with Crippen LogP contribution in [-0.4, -0.2) is 51.1 Å². The molecule has 1 aliphatic heterocycles. The van der Waals surface area contributed by atoms with E-state index in [-0.39, 0.29) is 5.91 Å². The van der Waals surface area contributed by atoms with Gasteiger partial charge >= 0.3 is 0 Å². The molecule has 0 bridgehead atoms. The van der Waals surface area contributed by atoms with Crippen LogP contribution in [0.1, 0.15) is 43.6 Å². The molecule has 1 aliphatic rings. The van der Waals surface area contributed by atoms with E-state index in [9.17, 15) is 9.90 Å². The number of aliphatic hydroxyl groups is 1. The van der Waals surface area contributed by atoms with E-state index in [1.807, 2.05) is 6.92 Å². The van der Waals surface area contributed by atoms with Gasteiger partial charge < -0.3 is 15.3 Å². The molecule has 0 saturated carbocycles. The molecule has 2 heterocycles. The molecule has 0 atom stereocenters. The average molecular weight is 278 g/mol. The van der Waals surface area contributed by atoms with Crippen LogP contribution < -0.4 is 5.32 Å². The number of nitrogens with zero attached hydrogens (tertiary/aromatic N) is 3. The molecule has 0 aliphatic carbocycles. The molecule has 1 saturated heterocycles. The van der Waals surface area contributed by atoms with Gasteiger partial charge in [0.25, 0.3) is 5.91 Å². The van der Waals surface area contributed by atoms with Gasteiger partial charge in [-0.25, -0.2) is 4.98 Å². The third-order valence-electron chi connectivity index (χ3n) is 3.54. The lowest BCUT2D eigenvalue weighted by Crippen LogP contribution is -2.45. The summed E-state index contributed by atoms with van der Waals surface area (Å²) in [5.41, 5.74) is -0.305. The highest BCUT2D eigenvalue weighted by atomic mass is 16.3. The standard InChI is InChI=1S/C14H22N4O2/c1-3-6-16-12-10-15-9-11(17-12)13(19)18-7-4-14(2,20)5-8-18/h9-10,20H,3-8H2,1-2H3,(H,16,17). The van der Waals surface area contributed by atoms with Gasteiger partial charge in [-0.05, 0) is 26.2 Å². The summed E-state index contributed by atoms with van der Waals surface area (Å²) < 4.78 is 0. The average Bonchev–Trinajstić information content (AvgIpc) is 2.45. The molecule has 110 valence electrons. The van der Waals surface area contributed by atoms with Gasteiger partial charge in [0.1, 0.15) is 11.5 Å². The molecule has 1 aromatic rings. The van der Waals surface area contributed by atoms with Crippen LogP contribution in [0.25, 0.3) is 0 Å². The van der Waals surface area contributed by atoms with E-state index in [1.54, 1.807) is 11.1 Å². The molecule has 6 heteroatoms. The van der Waals surface area contributed by atoms with Crippen LogP contribution in [-0.2, 0) is 0 Å². The molecular weight excluding hydrogens is 256 g/mol. The quantitative estimate of drug-likeness (QED) is 0.867. The second-order valence-electron chi connectivity index (χ2n) is 5.51. The molecule has 2 rings (SSSR count). The number of anilines is 1. The number of hydrogen-bond acceptors (Lipinski definition) is 5. The summed E-state index contributed by atoms with van der Waals surface area (Å²) in [6.07, 6.45) is 5.29.